The second kappa shape index (κ2) is 5.53. The molecular weight excluding hydrogens is 266 g/mol. The van der Waals surface area contributed by atoms with Crippen molar-refractivity contribution in [2.45, 2.75) is 0 Å². The molecule has 0 aliphatic rings. The Morgan fingerprint density at radius 1 is 1.11 bits per heavy atom. The Kier molecular flexibility index (Phi) is 3.82. The van der Waals surface area contributed by atoms with Gasteiger partial charge in [0, 0.05) is 0 Å². The minimum Gasteiger partial charge on any atom is -0.450 e. The summed E-state index contributed by atoms with van der Waals surface area (Å²) >= 11 is 3.63. The highest BCUT2D eigenvalue weighted by Gasteiger charge is 2.24. The van der Waals surface area contributed by atoms with Crippen LogP contribution in [0.3, 0.4) is 0 Å². The molecule has 0 aromatic heterocycles. The molecule has 5 nitrogen and oxygen atoms in total. The molecule has 2 rings (SSSR count). The van der Waals surface area contributed by atoms with Crippen LogP contribution in [0.4, 0.5) is 5.69 Å². The lowest BCUT2D eigenvalue weighted by Crippen LogP contribution is -2.01. The van der Waals surface area contributed by atoms with Crippen LogP contribution in [0.2, 0.25) is 0 Å². The molecule has 96 valence electrons. The van der Waals surface area contributed by atoms with Crippen LogP contribution in [0, 0.1) is 10.1 Å². The van der Waals surface area contributed by atoms with Gasteiger partial charge in [0.05, 0.1) is 4.92 Å². The number of carbonyl (C=O) groups excluding carboxylic acids is 1. The Hall–Kier alpha value is -2.34. The molecule has 0 saturated heterocycles. The second-order valence-electron chi connectivity index (χ2n) is 3.63. The van der Waals surface area contributed by atoms with Crippen molar-refractivity contribution in [1.82, 2.24) is 0 Å². The number of hydrogen-bond acceptors (Lipinski definition) is 4. The standard InChI is InChI=1S/C13H9NO4S/c15-13(19)10-7-4-8-11(12(10)14(16)17)18-9-5-2-1-3-6-9/h1-8H,(H,15,19). The van der Waals surface area contributed by atoms with Crippen LogP contribution < -0.4 is 4.74 Å². The largest absolute Gasteiger partial charge is 0.450 e. The second-order valence-corrected chi connectivity index (χ2v) is 4.04. The first-order chi connectivity index (χ1) is 9.09. The van der Waals surface area contributed by atoms with E-state index in [1.807, 2.05) is 0 Å². The minimum absolute atomic E-state index is 0.0103. The summed E-state index contributed by atoms with van der Waals surface area (Å²) in [6, 6.07) is 12.9. The van der Waals surface area contributed by atoms with E-state index in [2.05, 4.69) is 12.6 Å². The lowest BCUT2D eigenvalue weighted by atomic mass is 10.2. The van der Waals surface area contributed by atoms with Crippen LogP contribution in [-0.4, -0.2) is 10.0 Å². The topological polar surface area (TPSA) is 69.4 Å². The number of benzene rings is 2. The quantitative estimate of drug-likeness (QED) is 0.527. The first-order valence-corrected chi connectivity index (χ1v) is 5.78. The number of para-hydroxylation sites is 2. The average Bonchev–Trinajstić information content (AvgIpc) is 2.39. The molecule has 0 aliphatic carbocycles. The van der Waals surface area contributed by atoms with E-state index in [4.69, 9.17) is 4.74 Å². The summed E-state index contributed by atoms with van der Waals surface area (Å²) in [5.41, 5.74) is -0.479. The van der Waals surface area contributed by atoms with Gasteiger partial charge in [-0.1, -0.05) is 24.3 Å². The monoisotopic (exact) mass is 275 g/mol. The Morgan fingerprint density at radius 3 is 2.37 bits per heavy atom. The lowest BCUT2D eigenvalue weighted by Gasteiger charge is -2.07. The van der Waals surface area contributed by atoms with Crippen molar-refractivity contribution in [2.75, 3.05) is 0 Å². The molecule has 0 N–H and O–H groups in total. The Labute approximate surface area is 114 Å². The molecule has 0 bridgehead atoms. The molecule has 0 atom stereocenters. The zero-order valence-corrected chi connectivity index (χ0v) is 10.5. The molecule has 0 unspecified atom stereocenters. The van der Waals surface area contributed by atoms with Crippen LogP contribution in [-0.2, 0) is 0 Å². The summed E-state index contributed by atoms with van der Waals surface area (Å²) in [4.78, 5) is 21.7. The number of nitro groups is 1. The molecule has 0 fully saturated rings. The SMILES string of the molecule is O=C(S)c1cccc(Oc2ccccc2)c1[N+](=O)[O-]. The van der Waals surface area contributed by atoms with Gasteiger partial charge in [0.2, 0.25) is 10.9 Å². The minimum atomic E-state index is -0.676. The van der Waals surface area contributed by atoms with Gasteiger partial charge in [-0.05, 0) is 24.3 Å². The van der Waals surface area contributed by atoms with E-state index in [-0.39, 0.29) is 17.0 Å². The molecular formula is C13H9NO4S. The van der Waals surface area contributed by atoms with E-state index in [9.17, 15) is 14.9 Å². The third kappa shape index (κ3) is 2.92. The van der Waals surface area contributed by atoms with Crippen molar-refractivity contribution < 1.29 is 14.5 Å². The first-order valence-electron chi connectivity index (χ1n) is 5.33. The van der Waals surface area contributed by atoms with Gasteiger partial charge >= 0.3 is 5.69 Å². The Balaban J connectivity index is 2.48. The number of nitrogens with zero attached hydrogens (tertiary/aromatic N) is 1. The van der Waals surface area contributed by atoms with Gasteiger partial charge in [0.15, 0.2) is 0 Å². The maximum atomic E-state index is 11.3. The van der Waals surface area contributed by atoms with E-state index in [0.29, 0.717) is 5.75 Å². The van der Waals surface area contributed by atoms with Crippen LogP contribution >= 0.6 is 12.6 Å². The number of rotatable bonds is 4. The van der Waals surface area contributed by atoms with Crippen LogP contribution in [0.15, 0.2) is 48.5 Å². The summed E-state index contributed by atoms with van der Waals surface area (Å²) in [7, 11) is 0. The fourth-order valence-corrected chi connectivity index (χ4v) is 1.76. The summed E-state index contributed by atoms with van der Waals surface area (Å²) in [6.07, 6.45) is 0. The molecule has 0 saturated carbocycles. The van der Waals surface area contributed by atoms with Crippen LogP contribution in [0.5, 0.6) is 11.5 Å². The van der Waals surface area contributed by atoms with Crippen molar-refractivity contribution in [3.05, 3.63) is 64.2 Å². The lowest BCUT2D eigenvalue weighted by molar-refractivity contribution is -0.385. The zero-order valence-electron chi connectivity index (χ0n) is 9.65. The Morgan fingerprint density at radius 2 is 1.79 bits per heavy atom. The molecule has 0 amide bonds. The smallest absolute Gasteiger partial charge is 0.323 e. The number of carbonyl (C=O) groups is 1. The summed E-state index contributed by atoms with van der Waals surface area (Å²) in [6.45, 7) is 0. The van der Waals surface area contributed by atoms with Crippen molar-refractivity contribution in [2.24, 2.45) is 0 Å². The van der Waals surface area contributed by atoms with Gasteiger partial charge in [-0.25, -0.2) is 0 Å². The van der Waals surface area contributed by atoms with Gasteiger partial charge in [-0.15, -0.1) is 12.6 Å². The van der Waals surface area contributed by atoms with Crippen molar-refractivity contribution in [1.29, 1.82) is 0 Å². The van der Waals surface area contributed by atoms with E-state index in [1.165, 1.54) is 18.2 Å². The van der Waals surface area contributed by atoms with Gasteiger partial charge in [-0.3, -0.25) is 14.9 Å². The molecule has 0 spiro atoms. The molecule has 2 aromatic rings. The highest BCUT2D eigenvalue weighted by atomic mass is 32.1. The van der Waals surface area contributed by atoms with Crippen molar-refractivity contribution >= 4 is 23.4 Å². The van der Waals surface area contributed by atoms with E-state index in [1.54, 1.807) is 30.3 Å². The molecule has 6 heteroatoms. The third-order valence-corrected chi connectivity index (χ3v) is 2.62. The maximum absolute atomic E-state index is 11.3. The number of ether oxygens (including phenoxy) is 1. The predicted octanol–water partition coefficient (Wildman–Crippen LogP) is 3.46. The van der Waals surface area contributed by atoms with E-state index >= 15 is 0 Å². The van der Waals surface area contributed by atoms with E-state index < -0.39 is 10.0 Å². The summed E-state index contributed by atoms with van der Waals surface area (Å²) in [5.74, 6) is 0.463. The molecule has 0 aliphatic heterocycles. The average molecular weight is 275 g/mol. The fraction of sp³-hybridized carbons (Fsp3) is 0. The molecule has 0 heterocycles. The number of thiol groups is 1. The zero-order chi connectivity index (χ0) is 13.8. The molecule has 0 radical (unpaired) electrons. The fourth-order valence-electron chi connectivity index (χ4n) is 1.58. The number of hydrogen-bond donors (Lipinski definition) is 1. The van der Waals surface area contributed by atoms with Gasteiger partial charge in [-0.2, -0.15) is 0 Å². The molecule has 2 aromatic carbocycles. The first kappa shape index (κ1) is 13.1. The summed E-state index contributed by atoms with van der Waals surface area (Å²) < 4.78 is 5.43. The molecule has 19 heavy (non-hydrogen) atoms. The Bertz CT molecular complexity index is 628. The highest BCUT2D eigenvalue weighted by Crippen LogP contribution is 2.34. The van der Waals surface area contributed by atoms with E-state index in [0.717, 1.165) is 0 Å². The highest BCUT2D eigenvalue weighted by molar-refractivity contribution is 7.97. The normalized spacial score (nSPS) is 9.95. The van der Waals surface area contributed by atoms with Crippen LogP contribution in [0.1, 0.15) is 10.4 Å². The van der Waals surface area contributed by atoms with Crippen molar-refractivity contribution in [3.8, 4) is 11.5 Å². The maximum Gasteiger partial charge on any atom is 0.323 e. The predicted molar refractivity (Wildman–Crippen MR) is 72.9 cm³/mol. The van der Waals surface area contributed by atoms with Gasteiger partial charge in [0.1, 0.15) is 11.3 Å². The third-order valence-electron chi connectivity index (χ3n) is 2.38. The van der Waals surface area contributed by atoms with Gasteiger partial charge < -0.3 is 4.74 Å². The summed E-state index contributed by atoms with van der Waals surface area (Å²) in [5, 5.41) is 10.4. The number of nitro benzene ring substituents is 1. The van der Waals surface area contributed by atoms with Crippen molar-refractivity contribution in [3.63, 3.8) is 0 Å². The van der Waals surface area contributed by atoms with Gasteiger partial charge in [0.25, 0.3) is 0 Å². The van der Waals surface area contributed by atoms with Crippen LogP contribution in [0.25, 0.3) is 0 Å².